The standard InChI is InChI=1S/C58H52N2/c1-37-9-17-47(18-10-37)59(48-19-11-38(2)12-20-48)51-25-27-53-55(35-51)57(45-31-41(5)29-42(6)32-45)54-28-26-52(36-56(54)58(53)46-33-43(7)30-44(8)34-46)60(49-21-13-39(3)14-22-49)50-23-15-40(4)16-24-50/h9-36H,1-8H3. The van der Waals surface area contributed by atoms with Gasteiger partial charge in [-0.25, -0.2) is 0 Å². The molecule has 0 aliphatic rings. The molecular weight excluding hydrogens is 725 g/mol. The quantitative estimate of drug-likeness (QED) is 0.142. The van der Waals surface area contributed by atoms with Crippen LogP contribution in [0.5, 0.6) is 0 Å². The normalized spacial score (nSPS) is 11.3. The zero-order valence-corrected chi connectivity index (χ0v) is 36.1. The zero-order valence-electron chi connectivity index (χ0n) is 36.1. The highest BCUT2D eigenvalue weighted by Gasteiger charge is 2.23. The molecule has 0 aliphatic carbocycles. The maximum atomic E-state index is 2.44. The van der Waals surface area contributed by atoms with Gasteiger partial charge in [-0.1, -0.05) is 142 Å². The van der Waals surface area contributed by atoms with Gasteiger partial charge in [0.2, 0.25) is 0 Å². The van der Waals surface area contributed by atoms with Crippen molar-refractivity contribution in [2.24, 2.45) is 0 Å². The highest BCUT2D eigenvalue weighted by atomic mass is 15.1. The van der Waals surface area contributed by atoms with Crippen molar-refractivity contribution < 1.29 is 0 Å². The second-order valence-electron chi connectivity index (χ2n) is 17.0. The molecule has 0 heterocycles. The molecule has 0 radical (unpaired) electrons. The molecule has 0 aliphatic heterocycles. The van der Waals surface area contributed by atoms with Crippen LogP contribution in [0.2, 0.25) is 0 Å². The predicted octanol–water partition coefficient (Wildman–Crippen LogP) is 16.7. The first-order chi connectivity index (χ1) is 29.0. The van der Waals surface area contributed by atoms with Crippen molar-refractivity contribution in [2.75, 3.05) is 9.80 Å². The van der Waals surface area contributed by atoms with Crippen LogP contribution in [0.15, 0.2) is 170 Å². The van der Waals surface area contributed by atoms with Crippen molar-refractivity contribution in [3.05, 3.63) is 214 Å². The van der Waals surface area contributed by atoms with Crippen molar-refractivity contribution >= 4 is 55.7 Å². The van der Waals surface area contributed by atoms with Gasteiger partial charge in [-0.2, -0.15) is 0 Å². The van der Waals surface area contributed by atoms with E-state index in [-0.39, 0.29) is 0 Å². The molecule has 9 aromatic carbocycles. The van der Waals surface area contributed by atoms with E-state index in [0.717, 1.165) is 34.1 Å². The summed E-state index contributed by atoms with van der Waals surface area (Å²) >= 11 is 0. The molecule has 2 heteroatoms. The molecule has 0 bridgehead atoms. The fraction of sp³-hybridized carbons (Fsp3) is 0.138. The summed E-state index contributed by atoms with van der Waals surface area (Å²) in [6.45, 7) is 17.5. The Kier molecular flexibility index (Phi) is 10.1. The highest BCUT2D eigenvalue weighted by molar-refractivity contribution is 6.22. The van der Waals surface area contributed by atoms with Crippen LogP contribution in [-0.4, -0.2) is 0 Å². The van der Waals surface area contributed by atoms with E-state index in [1.807, 2.05) is 0 Å². The van der Waals surface area contributed by atoms with Crippen LogP contribution in [0.4, 0.5) is 34.1 Å². The van der Waals surface area contributed by atoms with Crippen LogP contribution in [0, 0.1) is 55.4 Å². The topological polar surface area (TPSA) is 6.48 Å². The van der Waals surface area contributed by atoms with E-state index in [1.165, 1.54) is 88.3 Å². The largest absolute Gasteiger partial charge is 0.310 e. The lowest BCUT2D eigenvalue weighted by Gasteiger charge is -2.28. The SMILES string of the molecule is Cc1ccc(N(c2ccc(C)cc2)c2ccc3c(-c4cc(C)cc(C)c4)c4cc(N(c5ccc(C)cc5)c5ccc(C)cc5)ccc4c(-c4cc(C)cc(C)c4)c3c2)cc1. The Labute approximate surface area is 356 Å². The van der Waals surface area contributed by atoms with E-state index in [0.29, 0.717) is 0 Å². The van der Waals surface area contributed by atoms with Gasteiger partial charge in [0, 0.05) is 34.1 Å². The highest BCUT2D eigenvalue weighted by Crippen LogP contribution is 2.49. The second kappa shape index (κ2) is 15.7. The van der Waals surface area contributed by atoms with Crippen LogP contribution >= 0.6 is 0 Å². The first-order valence-corrected chi connectivity index (χ1v) is 21.1. The van der Waals surface area contributed by atoms with Gasteiger partial charge >= 0.3 is 0 Å². The number of fused-ring (bicyclic) bond motifs is 2. The number of anilines is 6. The van der Waals surface area contributed by atoms with Gasteiger partial charge in [-0.15, -0.1) is 0 Å². The number of hydrogen-bond donors (Lipinski definition) is 0. The third kappa shape index (κ3) is 7.46. The Balaban J connectivity index is 1.40. The number of benzene rings is 9. The van der Waals surface area contributed by atoms with E-state index in [4.69, 9.17) is 0 Å². The van der Waals surface area contributed by atoms with Gasteiger partial charge < -0.3 is 9.80 Å². The van der Waals surface area contributed by atoms with E-state index in [9.17, 15) is 0 Å². The smallest absolute Gasteiger partial charge is 0.0468 e. The van der Waals surface area contributed by atoms with E-state index < -0.39 is 0 Å². The summed E-state index contributed by atoms with van der Waals surface area (Å²) in [5.41, 5.74) is 21.7. The maximum Gasteiger partial charge on any atom is 0.0468 e. The Hall–Kier alpha value is -6.90. The average Bonchev–Trinajstić information content (AvgIpc) is 3.22. The summed E-state index contributed by atoms with van der Waals surface area (Å²) in [4.78, 5) is 4.79. The van der Waals surface area contributed by atoms with Crippen molar-refractivity contribution in [3.63, 3.8) is 0 Å². The van der Waals surface area contributed by atoms with Crippen LogP contribution in [-0.2, 0) is 0 Å². The summed E-state index contributed by atoms with van der Waals surface area (Å²) in [7, 11) is 0. The molecule has 0 saturated heterocycles. The van der Waals surface area contributed by atoms with Gasteiger partial charge in [-0.05, 0) is 172 Å². The molecule has 0 unspecified atom stereocenters. The van der Waals surface area contributed by atoms with Crippen LogP contribution in [0.3, 0.4) is 0 Å². The molecule has 0 saturated carbocycles. The van der Waals surface area contributed by atoms with Gasteiger partial charge in [0.05, 0.1) is 0 Å². The summed E-state index contributed by atoms with van der Waals surface area (Å²) in [5, 5.41) is 4.91. The molecule has 0 fully saturated rings. The molecule has 0 spiro atoms. The van der Waals surface area contributed by atoms with Crippen molar-refractivity contribution in [2.45, 2.75) is 55.4 Å². The molecule has 0 atom stereocenters. The lowest BCUT2D eigenvalue weighted by atomic mass is 9.84. The Morgan fingerprint density at radius 1 is 0.217 bits per heavy atom. The minimum absolute atomic E-state index is 1.12. The number of hydrogen-bond acceptors (Lipinski definition) is 2. The molecule has 2 nitrogen and oxygen atoms in total. The minimum atomic E-state index is 1.12. The minimum Gasteiger partial charge on any atom is -0.310 e. The van der Waals surface area contributed by atoms with Crippen molar-refractivity contribution in [1.29, 1.82) is 0 Å². The summed E-state index contributed by atoms with van der Waals surface area (Å²) in [6.07, 6.45) is 0. The van der Waals surface area contributed by atoms with Gasteiger partial charge in [0.15, 0.2) is 0 Å². The third-order valence-corrected chi connectivity index (χ3v) is 11.8. The monoisotopic (exact) mass is 776 g/mol. The number of nitrogens with zero attached hydrogens (tertiary/aromatic N) is 2. The molecule has 0 amide bonds. The molecule has 0 N–H and O–H groups in total. The summed E-state index contributed by atoms with van der Waals surface area (Å²) in [6, 6.07) is 63.8. The fourth-order valence-electron chi connectivity index (χ4n) is 9.01. The maximum absolute atomic E-state index is 2.44. The van der Waals surface area contributed by atoms with Crippen LogP contribution in [0.1, 0.15) is 44.5 Å². The fourth-order valence-corrected chi connectivity index (χ4v) is 9.01. The molecule has 9 rings (SSSR count). The first kappa shape index (κ1) is 38.6. The number of rotatable bonds is 8. The first-order valence-electron chi connectivity index (χ1n) is 21.1. The summed E-state index contributed by atoms with van der Waals surface area (Å²) in [5.74, 6) is 0. The van der Waals surface area contributed by atoms with Crippen LogP contribution in [0.25, 0.3) is 43.8 Å². The van der Waals surface area contributed by atoms with Crippen molar-refractivity contribution in [3.8, 4) is 22.3 Å². The Bertz CT molecular complexity index is 2690. The lowest BCUT2D eigenvalue weighted by molar-refractivity contribution is 1.27. The molecular formula is C58H52N2. The Morgan fingerprint density at radius 2 is 0.467 bits per heavy atom. The lowest BCUT2D eigenvalue weighted by Crippen LogP contribution is -2.10. The van der Waals surface area contributed by atoms with Crippen molar-refractivity contribution in [1.82, 2.24) is 0 Å². The Morgan fingerprint density at radius 3 is 0.733 bits per heavy atom. The van der Waals surface area contributed by atoms with Gasteiger partial charge in [-0.3, -0.25) is 0 Å². The molecule has 294 valence electrons. The zero-order chi connectivity index (χ0) is 41.7. The second-order valence-corrected chi connectivity index (χ2v) is 17.0. The van der Waals surface area contributed by atoms with Gasteiger partial charge in [0.1, 0.15) is 0 Å². The molecule has 9 aromatic rings. The molecule has 0 aromatic heterocycles. The van der Waals surface area contributed by atoms with E-state index in [1.54, 1.807) is 0 Å². The molecule has 60 heavy (non-hydrogen) atoms. The van der Waals surface area contributed by atoms with Crippen LogP contribution < -0.4 is 9.80 Å². The average molecular weight is 777 g/mol. The van der Waals surface area contributed by atoms with E-state index in [2.05, 4.69) is 235 Å². The van der Waals surface area contributed by atoms with E-state index >= 15 is 0 Å². The number of aryl methyl sites for hydroxylation is 8. The predicted molar refractivity (Wildman–Crippen MR) is 260 cm³/mol. The third-order valence-electron chi connectivity index (χ3n) is 11.8. The summed E-state index contributed by atoms with van der Waals surface area (Å²) < 4.78 is 0. The van der Waals surface area contributed by atoms with Gasteiger partial charge in [0.25, 0.3) is 0 Å².